The van der Waals surface area contributed by atoms with Crippen LogP contribution in [0.4, 0.5) is 0 Å². The van der Waals surface area contributed by atoms with E-state index in [1.165, 1.54) is 51.4 Å². The fourth-order valence-electron chi connectivity index (χ4n) is 2.53. The van der Waals surface area contributed by atoms with Crippen LogP contribution in [0.25, 0.3) is 0 Å². The number of rotatable bonds is 14. The van der Waals surface area contributed by atoms with E-state index < -0.39 is 0 Å². The van der Waals surface area contributed by atoms with E-state index in [4.69, 9.17) is 0 Å². The normalized spacial score (nSPS) is 10.6. The number of nitrogens with zero attached hydrogens (tertiary/aromatic N) is 2. The molecule has 0 aliphatic carbocycles. The number of carbonyl (C=O) groups excluding carboxylic acids is 1. The summed E-state index contributed by atoms with van der Waals surface area (Å²) in [5, 5.41) is 0. The molecule has 0 aromatic rings. The Morgan fingerprint density at radius 1 is 0.727 bits per heavy atom. The monoisotopic (exact) mass is 334 g/mol. The number of carbonyl (C=O) groups is 1. The van der Waals surface area contributed by atoms with Crippen molar-refractivity contribution < 1.29 is 4.79 Å². The molecule has 134 valence electrons. The van der Waals surface area contributed by atoms with Gasteiger partial charge in [0.1, 0.15) is 0 Å². The van der Waals surface area contributed by atoms with Crippen LogP contribution >= 0.6 is 12.4 Å². The van der Waals surface area contributed by atoms with Crippen molar-refractivity contribution in [3.8, 4) is 0 Å². The molecule has 0 fully saturated rings. The lowest BCUT2D eigenvalue weighted by Crippen LogP contribution is -2.29. The molecule has 0 rings (SSSR count). The van der Waals surface area contributed by atoms with Crippen molar-refractivity contribution in [3.05, 3.63) is 0 Å². The van der Waals surface area contributed by atoms with Crippen molar-refractivity contribution in [2.24, 2.45) is 0 Å². The van der Waals surface area contributed by atoms with Crippen LogP contribution in [0.2, 0.25) is 0 Å². The molecule has 0 unspecified atom stereocenters. The van der Waals surface area contributed by atoms with Crippen LogP contribution in [0.1, 0.15) is 77.6 Å². The van der Waals surface area contributed by atoms with Crippen LogP contribution in [-0.2, 0) is 4.79 Å². The van der Waals surface area contributed by atoms with Gasteiger partial charge in [-0.25, -0.2) is 0 Å². The van der Waals surface area contributed by atoms with E-state index >= 15 is 0 Å². The van der Waals surface area contributed by atoms with Crippen LogP contribution in [0.5, 0.6) is 0 Å². The van der Waals surface area contributed by atoms with Crippen molar-refractivity contribution in [1.82, 2.24) is 9.80 Å². The zero-order valence-corrected chi connectivity index (χ0v) is 16.2. The Labute approximate surface area is 145 Å². The summed E-state index contributed by atoms with van der Waals surface area (Å²) >= 11 is 0. The molecule has 0 saturated heterocycles. The van der Waals surface area contributed by atoms with Crippen molar-refractivity contribution >= 4 is 18.3 Å². The summed E-state index contributed by atoms with van der Waals surface area (Å²) in [7, 11) is 6.08. The van der Waals surface area contributed by atoms with Gasteiger partial charge in [0.15, 0.2) is 0 Å². The van der Waals surface area contributed by atoms with Crippen LogP contribution in [-0.4, -0.2) is 49.9 Å². The Morgan fingerprint density at radius 2 is 1.23 bits per heavy atom. The smallest absolute Gasteiger partial charge is 0.222 e. The molecule has 0 heterocycles. The van der Waals surface area contributed by atoms with E-state index in [0.717, 1.165) is 32.4 Å². The first-order valence-corrected chi connectivity index (χ1v) is 8.96. The Hall–Kier alpha value is -0.280. The fraction of sp³-hybridized carbons (Fsp3) is 0.944. The molecule has 0 aromatic heterocycles. The van der Waals surface area contributed by atoms with Crippen molar-refractivity contribution in [1.29, 1.82) is 0 Å². The van der Waals surface area contributed by atoms with Gasteiger partial charge in [-0.05, 0) is 33.5 Å². The first-order chi connectivity index (χ1) is 10.1. The highest BCUT2D eigenvalue weighted by Crippen LogP contribution is 2.11. The average molecular weight is 335 g/mol. The standard InChI is InChI=1S/C18H38N2O.ClH/c1-5-6-7-8-9-10-11-12-13-15-18(21)20(4)17-14-16-19(2)3;/h5-17H2,1-4H3;1H. The molecule has 0 radical (unpaired) electrons. The second kappa shape index (κ2) is 17.1. The van der Waals surface area contributed by atoms with Crippen LogP contribution in [0.15, 0.2) is 0 Å². The number of amides is 1. The maximum absolute atomic E-state index is 11.9. The minimum Gasteiger partial charge on any atom is -0.346 e. The molecule has 0 bridgehead atoms. The highest BCUT2D eigenvalue weighted by molar-refractivity contribution is 5.85. The van der Waals surface area contributed by atoms with E-state index in [2.05, 4.69) is 25.9 Å². The lowest BCUT2D eigenvalue weighted by atomic mass is 10.1. The van der Waals surface area contributed by atoms with Gasteiger partial charge in [-0.2, -0.15) is 0 Å². The Bertz CT molecular complexity index is 247. The molecular formula is C18H39ClN2O. The summed E-state index contributed by atoms with van der Waals surface area (Å²) in [6, 6.07) is 0. The van der Waals surface area contributed by atoms with Gasteiger partial charge < -0.3 is 9.80 Å². The molecule has 0 aromatic carbocycles. The van der Waals surface area contributed by atoms with Crippen molar-refractivity contribution in [2.45, 2.75) is 77.6 Å². The first-order valence-electron chi connectivity index (χ1n) is 8.96. The topological polar surface area (TPSA) is 23.6 Å². The average Bonchev–Trinajstić information content (AvgIpc) is 2.44. The lowest BCUT2D eigenvalue weighted by molar-refractivity contribution is -0.130. The zero-order valence-electron chi connectivity index (χ0n) is 15.4. The number of hydrogen-bond donors (Lipinski definition) is 0. The SMILES string of the molecule is CCCCCCCCCCCC(=O)N(C)CCCN(C)C.Cl. The van der Waals surface area contributed by atoms with Gasteiger partial charge in [-0.15, -0.1) is 12.4 Å². The molecule has 1 amide bonds. The molecule has 0 aliphatic heterocycles. The summed E-state index contributed by atoms with van der Waals surface area (Å²) in [5.74, 6) is 0.316. The minimum atomic E-state index is 0. The van der Waals surface area contributed by atoms with Gasteiger partial charge in [0, 0.05) is 20.0 Å². The van der Waals surface area contributed by atoms with Gasteiger partial charge >= 0.3 is 0 Å². The van der Waals surface area contributed by atoms with Gasteiger partial charge in [0.05, 0.1) is 0 Å². The number of halogens is 1. The molecule has 3 nitrogen and oxygen atoms in total. The lowest BCUT2D eigenvalue weighted by Gasteiger charge is -2.18. The summed E-state index contributed by atoms with van der Waals surface area (Å²) in [6.45, 7) is 4.19. The van der Waals surface area contributed by atoms with E-state index in [-0.39, 0.29) is 12.4 Å². The molecular weight excluding hydrogens is 296 g/mol. The summed E-state index contributed by atoms with van der Waals surface area (Å²) < 4.78 is 0. The first kappa shape index (κ1) is 24.0. The van der Waals surface area contributed by atoms with Crippen LogP contribution in [0.3, 0.4) is 0 Å². The zero-order chi connectivity index (χ0) is 15.9. The summed E-state index contributed by atoms with van der Waals surface area (Å²) in [6.07, 6.45) is 13.6. The van der Waals surface area contributed by atoms with Crippen molar-refractivity contribution in [2.75, 3.05) is 34.2 Å². The van der Waals surface area contributed by atoms with Gasteiger partial charge in [0.25, 0.3) is 0 Å². The number of hydrogen-bond acceptors (Lipinski definition) is 2. The van der Waals surface area contributed by atoms with Gasteiger partial charge in [-0.3, -0.25) is 4.79 Å². The predicted octanol–water partition coefficient (Wildman–Crippen LogP) is 4.74. The molecule has 0 N–H and O–H groups in total. The molecule has 0 saturated carbocycles. The maximum Gasteiger partial charge on any atom is 0.222 e. The molecule has 0 atom stereocenters. The summed E-state index contributed by atoms with van der Waals surface area (Å²) in [4.78, 5) is 16.0. The minimum absolute atomic E-state index is 0. The van der Waals surface area contributed by atoms with E-state index in [9.17, 15) is 4.79 Å². The highest BCUT2D eigenvalue weighted by Gasteiger charge is 2.07. The van der Waals surface area contributed by atoms with Crippen LogP contribution in [0, 0.1) is 0 Å². The quantitative estimate of drug-likeness (QED) is 0.428. The Kier molecular flexibility index (Phi) is 18.6. The van der Waals surface area contributed by atoms with E-state index in [0.29, 0.717) is 5.91 Å². The highest BCUT2D eigenvalue weighted by atomic mass is 35.5. The third-order valence-corrected chi connectivity index (χ3v) is 4.02. The predicted molar refractivity (Wildman–Crippen MR) is 99.9 cm³/mol. The second-order valence-corrected chi connectivity index (χ2v) is 6.55. The van der Waals surface area contributed by atoms with E-state index in [1.54, 1.807) is 0 Å². The Balaban J connectivity index is 0. The molecule has 0 spiro atoms. The third-order valence-electron chi connectivity index (χ3n) is 4.02. The second-order valence-electron chi connectivity index (χ2n) is 6.55. The third kappa shape index (κ3) is 16.1. The van der Waals surface area contributed by atoms with E-state index in [1.807, 2.05) is 11.9 Å². The number of unbranched alkanes of at least 4 members (excludes halogenated alkanes) is 8. The molecule has 22 heavy (non-hydrogen) atoms. The molecule has 4 heteroatoms. The Morgan fingerprint density at radius 3 is 1.73 bits per heavy atom. The van der Waals surface area contributed by atoms with Crippen molar-refractivity contribution in [3.63, 3.8) is 0 Å². The largest absolute Gasteiger partial charge is 0.346 e. The molecule has 0 aliphatic rings. The van der Waals surface area contributed by atoms with Crippen LogP contribution < -0.4 is 0 Å². The fourth-order valence-corrected chi connectivity index (χ4v) is 2.53. The maximum atomic E-state index is 11.9. The summed E-state index contributed by atoms with van der Waals surface area (Å²) in [5.41, 5.74) is 0. The van der Waals surface area contributed by atoms with Gasteiger partial charge in [0.2, 0.25) is 5.91 Å². The van der Waals surface area contributed by atoms with Gasteiger partial charge in [-0.1, -0.05) is 58.3 Å².